The molecule has 0 bridgehead atoms. The van der Waals surface area contributed by atoms with Crippen LogP contribution in [-0.4, -0.2) is 18.1 Å². The average Bonchev–Trinajstić information content (AvgIpc) is 2.69. The van der Waals surface area contributed by atoms with Crippen LogP contribution in [-0.2, 0) is 4.79 Å². The fourth-order valence-corrected chi connectivity index (χ4v) is 2.76. The van der Waals surface area contributed by atoms with Gasteiger partial charge in [0.1, 0.15) is 5.75 Å². The van der Waals surface area contributed by atoms with Crippen LogP contribution in [0.4, 0.5) is 0 Å². The van der Waals surface area contributed by atoms with Gasteiger partial charge in [-0.1, -0.05) is 48.5 Å². The molecule has 2 aromatic rings. The monoisotopic (exact) mass is 444 g/mol. The molecular weight excluding hydrogens is 420 g/mol. The van der Waals surface area contributed by atoms with E-state index in [4.69, 9.17) is 4.74 Å². The number of rotatable bonds is 10. The molecule has 0 saturated carbocycles. The number of carbonyl (C=O) groups is 2. The molecule has 0 atom stereocenters. The van der Waals surface area contributed by atoms with Crippen LogP contribution >= 0.6 is 15.9 Å². The van der Waals surface area contributed by atoms with Crippen molar-refractivity contribution in [3.8, 4) is 5.75 Å². The summed E-state index contributed by atoms with van der Waals surface area (Å²) in [6.07, 6.45) is 7.60. The second-order valence-electron chi connectivity index (χ2n) is 6.42. The lowest BCUT2D eigenvalue weighted by Gasteiger charge is -2.05. The molecule has 2 aromatic carbocycles. The predicted octanol–water partition coefficient (Wildman–Crippen LogP) is 5.48. The smallest absolute Gasteiger partial charge is 0.343 e. The predicted molar refractivity (Wildman–Crippen MR) is 115 cm³/mol. The van der Waals surface area contributed by atoms with Gasteiger partial charge < -0.3 is 4.74 Å². The van der Waals surface area contributed by atoms with Crippen LogP contribution in [0.15, 0.2) is 58.1 Å². The summed E-state index contributed by atoms with van der Waals surface area (Å²) >= 11 is 3.33. The van der Waals surface area contributed by atoms with Gasteiger partial charge in [0, 0.05) is 10.9 Å². The third-order valence-electron chi connectivity index (χ3n) is 4.08. The number of hydrazone groups is 1. The van der Waals surface area contributed by atoms with E-state index in [-0.39, 0.29) is 5.91 Å². The number of unbranched alkanes of at least 4 members (excludes halogenated alkanes) is 4. The Morgan fingerprint density at radius 1 is 1.00 bits per heavy atom. The molecule has 1 N–H and O–H groups in total. The minimum absolute atomic E-state index is 0.0761. The molecule has 0 aromatic heterocycles. The highest BCUT2D eigenvalue weighted by Gasteiger charge is 2.08. The summed E-state index contributed by atoms with van der Waals surface area (Å²) in [6, 6.07) is 13.9. The lowest BCUT2D eigenvalue weighted by atomic mass is 10.1. The molecule has 28 heavy (non-hydrogen) atoms. The van der Waals surface area contributed by atoms with Crippen LogP contribution < -0.4 is 10.2 Å². The number of amides is 1. The molecule has 0 radical (unpaired) electrons. The van der Waals surface area contributed by atoms with Gasteiger partial charge in [-0.15, -0.1) is 0 Å². The van der Waals surface area contributed by atoms with E-state index in [0.717, 1.165) is 22.9 Å². The fraction of sp³-hybridized carbons (Fsp3) is 0.318. The Hall–Kier alpha value is -2.47. The Morgan fingerprint density at radius 3 is 2.36 bits per heavy atom. The molecule has 5 nitrogen and oxygen atoms in total. The number of hydrogen-bond acceptors (Lipinski definition) is 4. The lowest BCUT2D eigenvalue weighted by Crippen LogP contribution is -2.16. The molecule has 0 aliphatic rings. The zero-order valence-corrected chi connectivity index (χ0v) is 17.6. The van der Waals surface area contributed by atoms with Crippen molar-refractivity contribution in [2.45, 2.75) is 45.4 Å². The number of halogens is 1. The number of esters is 1. The van der Waals surface area contributed by atoms with Crippen molar-refractivity contribution in [2.24, 2.45) is 5.10 Å². The maximum Gasteiger partial charge on any atom is 0.343 e. The number of hydrogen-bond donors (Lipinski definition) is 1. The highest BCUT2D eigenvalue weighted by Crippen LogP contribution is 2.15. The zero-order valence-electron chi connectivity index (χ0n) is 16.0. The number of nitrogens with zero attached hydrogens (tertiary/aromatic N) is 1. The maximum absolute atomic E-state index is 12.1. The van der Waals surface area contributed by atoms with E-state index >= 15 is 0 Å². The van der Waals surface area contributed by atoms with Gasteiger partial charge in [-0.25, -0.2) is 10.2 Å². The molecule has 0 saturated heterocycles. The van der Waals surface area contributed by atoms with Crippen LogP contribution in [0, 0.1) is 0 Å². The second kappa shape index (κ2) is 12.1. The highest BCUT2D eigenvalue weighted by molar-refractivity contribution is 9.10. The van der Waals surface area contributed by atoms with Gasteiger partial charge in [-0.05, 0) is 60.5 Å². The fourth-order valence-electron chi connectivity index (χ4n) is 2.50. The molecule has 0 aliphatic carbocycles. The largest absolute Gasteiger partial charge is 0.423 e. The first-order valence-electron chi connectivity index (χ1n) is 9.48. The molecule has 2 rings (SSSR count). The molecule has 6 heteroatoms. The summed E-state index contributed by atoms with van der Waals surface area (Å²) in [5.41, 5.74) is 3.81. The Morgan fingerprint density at radius 2 is 1.68 bits per heavy atom. The van der Waals surface area contributed by atoms with Gasteiger partial charge in [-0.2, -0.15) is 5.10 Å². The number of benzene rings is 2. The molecule has 1 amide bonds. The quantitative estimate of drug-likeness (QED) is 0.173. The summed E-state index contributed by atoms with van der Waals surface area (Å²) in [7, 11) is 0. The summed E-state index contributed by atoms with van der Waals surface area (Å²) in [4.78, 5) is 23.8. The van der Waals surface area contributed by atoms with Crippen LogP contribution in [0.1, 0.15) is 61.4 Å². The summed E-state index contributed by atoms with van der Waals surface area (Å²) in [5.74, 6) is -0.0471. The Kier molecular flexibility index (Phi) is 9.42. The second-order valence-corrected chi connectivity index (χ2v) is 7.34. The molecule has 0 fully saturated rings. The first-order chi connectivity index (χ1) is 13.6. The van der Waals surface area contributed by atoms with E-state index in [1.54, 1.807) is 54.7 Å². The highest BCUT2D eigenvalue weighted by atomic mass is 79.9. The van der Waals surface area contributed by atoms with E-state index in [2.05, 4.69) is 33.4 Å². The van der Waals surface area contributed by atoms with Crippen molar-refractivity contribution >= 4 is 34.0 Å². The standard InChI is InChI=1S/C22H25BrN2O3/c1-2-3-4-5-6-7-21(26)25-24-16-17-8-14-20(15-9-17)28-22(27)18-10-12-19(23)13-11-18/h8-16H,2-7H2,1H3,(H,25,26). The maximum atomic E-state index is 12.1. The molecule has 0 aliphatic heterocycles. The minimum atomic E-state index is -0.417. The Labute approximate surface area is 174 Å². The van der Waals surface area contributed by atoms with Crippen molar-refractivity contribution in [2.75, 3.05) is 0 Å². The molecule has 0 spiro atoms. The van der Waals surface area contributed by atoms with Gasteiger partial charge in [0.05, 0.1) is 11.8 Å². The number of nitrogens with one attached hydrogen (secondary N) is 1. The third-order valence-corrected chi connectivity index (χ3v) is 4.61. The van der Waals surface area contributed by atoms with Crippen molar-refractivity contribution < 1.29 is 14.3 Å². The molecule has 0 unspecified atom stereocenters. The van der Waals surface area contributed by atoms with Crippen LogP contribution in [0.2, 0.25) is 0 Å². The van der Waals surface area contributed by atoms with E-state index in [9.17, 15) is 9.59 Å². The number of carbonyl (C=O) groups excluding carboxylic acids is 2. The van der Waals surface area contributed by atoms with Gasteiger partial charge in [-0.3, -0.25) is 4.79 Å². The van der Waals surface area contributed by atoms with Crippen LogP contribution in [0.25, 0.3) is 0 Å². The zero-order chi connectivity index (χ0) is 20.2. The topological polar surface area (TPSA) is 67.8 Å². The number of ether oxygens (including phenoxy) is 1. The normalized spacial score (nSPS) is 10.8. The third kappa shape index (κ3) is 8.05. The van der Waals surface area contributed by atoms with Gasteiger partial charge in [0.2, 0.25) is 5.91 Å². The van der Waals surface area contributed by atoms with Crippen LogP contribution in [0.5, 0.6) is 5.75 Å². The van der Waals surface area contributed by atoms with Crippen LogP contribution in [0.3, 0.4) is 0 Å². The lowest BCUT2D eigenvalue weighted by molar-refractivity contribution is -0.121. The average molecular weight is 445 g/mol. The van der Waals surface area contributed by atoms with Crippen molar-refractivity contribution in [1.29, 1.82) is 0 Å². The van der Waals surface area contributed by atoms with Gasteiger partial charge >= 0.3 is 5.97 Å². The van der Waals surface area contributed by atoms with E-state index in [1.807, 2.05) is 0 Å². The van der Waals surface area contributed by atoms with Crippen molar-refractivity contribution in [1.82, 2.24) is 5.43 Å². The van der Waals surface area contributed by atoms with Crippen molar-refractivity contribution in [3.63, 3.8) is 0 Å². The molecule has 148 valence electrons. The summed E-state index contributed by atoms with van der Waals surface area (Å²) in [6.45, 7) is 2.17. The molecule has 0 heterocycles. The minimum Gasteiger partial charge on any atom is -0.423 e. The van der Waals surface area contributed by atoms with E-state index in [1.165, 1.54) is 19.3 Å². The van der Waals surface area contributed by atoms with Gasteiger partial charge in [0.25, 0.3) is 0 Å². The van der Waals surface area contributed by atoms with E-state index < -0.39 is 5.97 Å². The first kappa shape index (κ1) is 21.8. The summed E-state index contributed by atoms with van der Waals surface area (Å²) < 4.78 is 6.24. The molecular formula is C22H25BrN2O3. The van der Waals surface area contributed by atoms with Gasteiger partial charge in [0.15, 0.2) is 0 Å². The Bertz CT molecular complexity index is 786. The summed E-state index contributed by atoms with van der Waals surface area (Å²) in [5, 5.41) is 3.97. The van der Waals surface area contributed by atoms with E-state index in [0.29, 0.717) is 17.7 Å². The SMILES string of the molecule is CCCCCCCC(=O)NN=Cc1ccc(OC(=O)c2ccc(Br)cc2)cc1. The van der Waals surface area contributed by atoms with Crippen molar-refractivity contribution in [3.05, 3.63) is 64.1 Å². The Balaban J connectivity index is 1.75. The first-order valence-corrected chi connectivity index (χ1v) is 10.3.